The molecule has 0 spiro atoms. The van der Waals surface area contributed by atoms with E-state index in [0.29, 0.717) is 0 Å². The van der Waals surface area contributed by atoms with Gasteiger partial charge in [-0.3, -0.25) is 0 Å². The fraction of sp³-hybridized carbons (Fsp3) is 0.467. The van der Waals surface area contributed by atoms with Crippen LogP contribution in [0.5, 0.6) is 0 Å². The monoisotopic (exact) mass is 265 g/mol. The zero-order valence-corrected chi connectivity index (χ0v) is 12.0. The number of nitrogens with zero attached hydrogens (tertiary/aromatic N) is 1. The second kappa shape index (κ2) is 5.33. The fourth-order valence-corrected chi connectivity index (χ4v) is 2.45. The summed E-state index contributed by atoms with van der Waals surface area (Å²) >= 11 is 6.21. The summed E-state index contributed by atoms with van der Waals surface area (Å²) in [7, 11) is 0. The van der Waals surface area contributed by atoms with Crippen molar-refractivity contribution in [2.45, 2.75) is 46.3 Å². The third-order valence-electron chi connectivity index (χ3n) is 3.39. The van der Waals surface area contributed by atoms with Crippen molar-refractivity contribution in [3.63, 3.8) is 0 Å². The summed E-state index contributed by atoms with van der Waals surface area (Å²) in [6.45, 7) is 6.96. The Morgan fingerprint density at radius 2 is 2.11 bits per heavy atom. The van der Waals surface area contributed by atoms with Gasteiger partial charge in [0.05, 0.1) is 6.10 Å². The van der Waals surface area contributed by atoms with Crippen molar-refractivity contribution in [2.24, 2.45) is 0 Å². The number of aliphatic hydroxyl groups is 1. The number of hydrogen-bond acceptors (Lipinski definition) is 1. The number of fused-ring (bicyclic) bond motifs is 1. The van der Waals surface area contributed by atoms with Crippen LogP contribution in [-0.4, -0.2) is 9.67 Å². The minimum Gasteiger partial charge on any atom is -0.389 e. The highest BCUT2D eigenvalue weighted by molar-refractivity contribution is 6.32. The zero-order chi connectivity index (χ0) is 13.3. The lowest BCUT2D eigenvalue weighted by atomic mass is 10.1. The Balaban J connectivity index is 2.61. The Hall–Kier alpha value is -0.990. The van der Waals surface area contributed by atoms with Crippen LogP contribution in [0.4, 0.5) is 0 Å². The molecule has 0 fully saturated rings. The molecule has 0 amide bonds. The highest BCUT2D eigenvalue weighted by atomic mass is 35.5. The van der Waals surface area contributed by atoms with Crippen molar-refractivity contribution < 1.29 is 5.11 Å². The normalized spacial score (nSPS) is 13.2. The van der Waals surface area contributed by atoms with E-state index in [9.17, 15) is 5.11 Å². The molecular weight excluding hydrogens is 246 g/mol. The summed E-state index contributed by atoms with van der Waals surface area (Å²) in [6, 6.07) is 4.08. The Morgan fingerprint density at radius 1 is 1.39 bits per heavy atom. The molecule has 0 aliphatic heterocycles. The van der Waals surface area contributed by atoms with Crippen molar-refractivity contribution in [1.29, 1.82) is 0 Å². The fourth-order valence-electron chi connectivity index (χ4n) is 2.29. The van der Waals surface area contributed by atoms with Crippen molar-refractivity contribution in [3.8, 4) is 0 Å². The highest BCUT2D eigenvalue weighted by Gasteiger charge is 2.13. The molecule has 3 heteroatoms. The average Bonchev–Trinajstić information content (AvgIpc) is 2.66. The number of aliphatic hydroxyl groups excluding tert-OH is 1. The quantitative estimate of drug-likeness (QED) is 0.868. The van der Waals surface area contributed by atoms with E-state index in [-0.39, 0.29) is 0 Å². The number of aromatic nitrogens is 1. The summed E-state index contributed by atoms with van der Waals surface area (Å²) in [6.07, 6.45) is 3.90. The lowest BCUT2D eigenvalue weighted by Gasteiger charge is -2.05. The van der Waals surface area contributed by atoms with Gasteiger partial charge in [0.25, 0.3) is 0 Å². The maximum atomic E-state index is 9.87. The molecule has 2 rings (SSSR count). The molecule has 1 aromatic heterocycles. The number of rotatable bonds is 4. The summed E-state index contributed by atoms with van der Waals surface area (Å²) in [4.78, 5) is 0. The predicted molar refractivity (Wildman–Crippen MR) is 77.2 cm³/mol. The first kappa shape index (κ1) is 13.4. The van der Waals surface area contributed by atoms with E-state index in [4.69, 9.17) is 11.6 Å². The maximum absolute atomic E-state index is 9.87. The SMILES string of the molecule is CCCCn1cc(C(C)O)c2cc(C)c(Cl)cc21. The minimum absolute atomic E-state index is 0.448. The Labute approximate surface area is 113 Å². The number of halogens is 1. The molecule has 1 N–H and O–H groups in total. The molecule has 1 heterocycles. The molecule has 98 valence electrons. The number of aryl methyl sites for hydroxylation is 2. The first-order valence-corrected chi connectivity index (χ1v) is 6.89. The van der Waals surface area contributed by atoms with Gasteiger partial charge in [0, 0.05) is 34.2 Å². The molecule has 0 radical (unpaired) electrons. The van der Waals surface area contributed by atoms with Crippen LogP contribution in [0.1, 0.15) is 43.9 Å². The van der Waals surface area contributed by atoms with Crippen LogP contribution in [0, 0.1) is 6.92 Å². The van der Waals surface area contributed by atoms with Crippen molar-refractivity contribution >= 4 is 22.5 Å². The topological polar surface area (TPSA) is 25.2 Å². The van der Waals surface area contributed by atoms with Gasteiger partial charge in [-0.1, -0.05) is 24.9 Å². The Bertz CT molecular complexity index is 557. The predicted octanol–water partition coefficient (Wildman–Crippen LogP) is 4.46. The number of benzene rings is 1. The molecule has 0 bridgehead atoms. The molecule has 2 nitrogen and oxygen atoms in total. The van der Waals surface area contributed by atoms with Crippen molar-refractivity contribution in [3.05, 3.63) is 34.5 Å². The molecule has 1 unspecified atom stereocenters. The molecular formula is C15H20ClNO. The third kappa shape index (κ3) is 2.40. The second-order valence-corrected chi connectivity index (χ2v) is 5.33. The van der Waals surface area contributed by atoms with Gasteiger partial charge in [0.2, 0.25) is 0 Å². The van der Waals surface area contributed by atoms with Gasteiger partial charge in [-0.25, -0.2) is 0 Å². The molecule has 0 aliphatic carbocycles. The molecule has 2 aromatic rings. The van der Waals surface area contributed by atoms with Crippen LogP contribution >= 0.6 is 11.6 Å². The molecule has 0 aliphatic rings. The van der Waals surface area contributed by atoms with Crippen molar-refractivity contribution in [1.82, 2.24) is 4.57 Å². The number of unbranched alkanes of at least 4 members (excludes halogenated alkanes) is 1. The van der Waals surface area contributed by atoms with E-state index in [1.54, 1.807) is 0 Å². The minimum atomic E-state index is -0.448. The first-order valence-electron chi connectivity index (χ1n) is 6.51. The lowest BCUT2D eigenvalue weighted by molar-refractivity contribution is 0.200. The average molecular weight is 266 g/mol. The van der Waals surface area contributed by atoms with E-state index < -0.39 is 6.10 Å². The Morgan fingerprint density at radius 3 is 2.72 bits per heavy atom. The van der Waals surface area contributed by atoms with Gasteiger partial charge in [-0.2, -0.15) is 0 Å². The zero-order valence-electron chi connectivity index (χ0n) is 11.2. The standard InChI is InChI=1S/C15H20ClNO/c1-4-5-6-17-9-13(11(3)18)12-7-10(2)14(16)8-15(12)17/h7-9,11,18H,4-6H2,1-3H3. The molecule has 0 saturated heterocycles. The van der Waals surface area contributed by atoms with Crippen LogP contribution in [0.15, 0.2) is 18.3 Å². The van der Waals surface area contributed by atoms with Gasteiger partial charge in [0.15, 0.2) is 0 Å². The van der Waals surface area contributed by atoms with Gasteiger partial charge < -0.3 is 9.67 Å². The van der Waals surface area contributed by atoms with E-state index in [2.05, 4.69) is 23.8 Å². The molecule has 1 atom stereocenters. The molecule has 18 heavy (non-hydrogen) atoms. The second-order valence-electron chi connectivity index (χ2n) is 4.93. The van der Waals surface area contributed by atoms with E-state index in [1.807, 2.05) is 19.9 Å². The van der Waals surface area contributed by atoms with Crippen LogP contribution in [0.2, 0.25) is 5.02 Å². The van der Waals surface area contributed by atoms with Gasteiger partial charge in [0.1, 0.15) is 0 Å². The van der Waals surface area contributed by atoms with E-state index in [0.717, 1.165) is 46.4 Å². The Kier molecular flexibility index (Phi) is 3.98. The van der Waals surface area contributed by atoms with Crippen LogP contribution < -0.4 is 0 Å². The van der Waals surface area contributed by atoms with Gasteiger partial charge in [-0.05, 0) is 38.0 Å². The third-order valence-corrected chi connectivity index (χ3v) is 3.80. The van der Waals surface area contributed by atoms with E-state index in [1.165, 1.54) is 0 Å². The van der Waals surface area contributed by atoms with Gasteiger partial charge in [-0.15, -0.1) is 0 Å². The largest absolute Gasteiger partial charge is 0.389 e. The first-order chi connectivity index (χ1) is 8.54. The highest BCUT2D eigenvalue weighted by Crippen LogP contribution is 2.31. The van der Waals surface area contributed by atoms with Crippen LogP contribution in [0.3, 0.4) is 0 Å². The number of hydrogen-bond donors (Lipinski definition) is 1. The van der Waals surface area contributed by atoms with Crippen LogP contribution in [-0.2, 0) is 6.54 Å². The summed E-state index contributed by atoms with van der Waals surface area (Å²) in [5.74, 6) is 0. The maximum Gasteiger partial charge on any atom is 0.0782 e. The molecule has 1 aromatic carbocycles. The lowest BCUT2D eigenvalue weighted by Crippen LogP contribution is -1.95. The summed E-state index contributed by atoms with van der Waals surface area (Å²) in [5.41, 5.74) is 3.16. The van der Waals surface area contributed by atoms with Crippen molar-refractivity contribution in [2.75, 3.05) is 0 Å². The van der Waals surface area contributed by atoms with Gasteiger partial charge >= 0.3 is 0 Å². The smallest absolute Gasteiger partial charge is 0.0782 e. The van der Waals surface area contributed by atoms with E-state index >= 15 is 0 Å². The van der Waals surface area contributed by atoms with Crippen LogP contribution in [0.25, 0.3) is 10.9 Å². The summed E-state index contributed by atoms with van der Waals surface area (Å²) < 4.78 is 2.20. The molecule has 0 saturated carbocycles. The summed E-state index contributed by atoms with van der Waals surface area (Å²) in [5, 5.41) is 11.8.